The zero-order valence-corrected chi connectivity index (χ0v) is 13.6. The summed E-state index contributed by atoms with van der Waals surface area (Å²) in [7, 11) is 1.75. The van der Waals surface area contributed by atoms with Gasteiger partial charge in [-0.25, -0.2) is 0 Å². The van der Waals surface area contributed by atoms with Crippen LogP contribution >= 0.6 is 15.9 Å². The van der Waals surface area contributed by atoms with Crippen LogP contribution in [0.1, 0.15) is 55.5 Å². The summed E-state index contributed by atoms with van der Waals surface area (Å²) in [4.78, 5) is 0.392. The van der Waals surface area contributed by atoms with Gasteiger partial charge < -0.3 is 4.74 Å². The van der Waals surface area contributed by atoms with E-state index in [1.165, 1.54) is 36.8 Å². The lowest BCUT2D eigenvalue weighted by Gasteiger charge is -2.23. The monoisotopic (exact) mass is 312 g/mol. The molecule has 1 aromatic rings. The van der Waals surface area contributed by atoms with Crippen LogP contribution in [-0.2, 0) is 0 Å². The maximum atomic E-state index is 5.49. The number of alkyl halides is 1. The summed E-state index contributed by atoms with van der Waals surface area (Å²) in [6.07, 6.45) is 5.04. The lowest BCUT2D eigenvalue weighted by atomic mass is 9.91. The highest BCUT2D eigenvalue weighted by Crippen LogP contribution is 2.40. The number of halogens is 1. The number of hydrogen-bond acceptors (Lipinski definition) is 1. The molecule has 0 aliphatic rings. The van der Waals surface area contributed by atoms with Crippen LogP contribution in [0.2, 0.25) is 0 Å². The third-order valence-corrected chi connectivity index (χ3v) is 4.79. The molecule has 0 aliphatic carbocycles. The van der Waals surface area contributed by atoms with Gasteiger partial charge in [0.25, 0.3) is 0 Å². The number of ether oxygens (including phenoxy) is 1. The van der Waals surface area contributed by atoms with Crippen molar-refractivity contribution < 1.29 is 4.74 Å². The van der Waals surface area contributed by atoms with E-state index >= 15 is 0 Å². The first-order valence-corrected chi connectivity index (χ1v) is 7.84. The van der Waals surface area contributed by atoms with Gasteiger partial charge in [0.2, 0.25) is 0 Å². The predicted molar refractivity (Wildman–Crippen MR) is 82.7 cm³/mol. The Morgan fingerprint density at radius 3 is 2.56 bits per heavy atom. The Kier molecular flexibility index (Phi) is 6.77. The molecule has 1 aromatic carbocycles. The molecular formula is C16H25BrO. The average Bonchev–Trinajstić information content (AvgIpc) is 2.39. The third kappa shape index (κ3) is 4.01. The molecule has 1 nitrogen and oxygen atoms in total. The van der Waals surface area contributed by atoms with Crippen molar-refractivity contribution in [3.63, 3.8) is 0 Å². The quantitative estimate of drug-likeness (QED) is 0.590. The number of aryl methyl sites for hydroxylation is 1. The van der Waals surface area contributed by atoms with E-state index in [0.29, 0.717) is 10.7 Å². The van der Waals surface area contributed by atoms with E-state index in [0.717, 1.165) is 5.75 Å². The van der Waals surface area contributed by atoms with Crippen LogP contribution in [0.5, 0.6) is 5.75 Å². The van der Waals surface area contributed by atoms with Crippen molar-refractivity contribution in [1.29, 1.82) is 0 Å². The van der Waals surface area contributed by atoms with Crippen molar-refractivity contribution in [1.82, 2.24) is 0 Å². The summed E-state index contributed by atoms with van der Waals surface area (Å²) in [5, 5.41) is 0. The maximum absolute atomic E-state index is 5.49. The normalized spacial score (nSPS) is 14.3. The lowest BCUT2D eigenvalue weighted by molar-refractivity contribution is 0.395. The molecule has 0 saturated carbocycles. The van der Waals surface area contributed by atoms with Crippen LogP contribution in [-0.4, -0.2) is 7.11 Å². The Morgan fingerprint density at radius 1 is 1.28 bits per heavy atom. The smallest absolute Gasteiger partial charge is 0.123 e. The zero-order valence-electron chi connectivity index (χ0n) is 12.0. The molecule has 0 spiro atoms. The minimum atomic E-state index is 0.392. The number of benzene rings is 1. The first kappa shape index (κ1) is 15.6. The average molecular weight is 313 g/mol. The van der Waals surface area contributed by atoms with Crippen LogP contribution < -0.4 is 4.74 Å². The van der Waals surface area contributed by atoms with Crippen LogP contribution in [0.4, 0.5) is 0 Å². The third-order valence-electron chi connectivity index (χ3n) is 3.55. The summed E-state index contributed by atoms with van der Waals surface area (Å²) < 4.78 is 5.49. The van der Waals surface area contributed by atoms with Crippen molar-refractivity contribution in [2.75, 3.05) is 7.11 Å². The van der Waals surface area contributed by atoms with Crippen molar-refractivity contribution in [3.8, 4) is 5.75 Å². The standard InChI is InChI=1S/C16H25BrO/c1-5-7-8-13(6-2)16(17)14-11-12(3)9-10-15(14)18-4/h9-11,13,16H,5-8H2,1-4H3. The minimum absolute atomic E-state index is 0.392. The van der Waals surface area contributed by atoms with Crippen molar-refractivity contribution in [3.05, 3.63) is 29.3 Å². The topological polar surface area (TPSA) is 9.23 Å². The first-order valence-electron chi connectivity index (χ1n) is 6.92. The van der Waals surface area contributed by atoms with E-state index in [4.69, 9.17) is 4.74 Å². The highest BCUT2D eigenvalue weighted by Gasteiger charge is 2.21. The first-order chi connectivity index (χ1) is 8.63. The zero-order chi connectivity index (χ0) is 13.5. The van der Waals surface area contributed by atoms with Gasteiger partial charge in [0.15, 0.2) is 0 Å². The molecule has 0 aromatic heterocycles. The van der Waals surface area contributed by atoms with E-state index < -0.39 is 0 Å². The van der Waals surface area contributed by atoms with Crippen molar-refractivity contribution in [2.24, 2.45) is 5.92 Å². The molecule has 0 aliphatic heterocycles. The molecule has 0 fully saturated rings. The predicted octanol–water partition coefficient (Wildman–Crippen LogP) is 5.66. The molecule has 0 heterocycles. The fraction of sp³-hybridized carbons (Fsp3) is 0.625. The fourth-order valence-corrected chi connectivity index (χ4v) is 3.34. The fourth-order valence-electron chi connectivity index (χ4n) is 2.35. The Balaban J connectivity index is 2.92. The van der Waals surface area contributed by atoms with E-state index in [1.54, 1.807) is 7.11 Å². The Bertz CT molecular complexity index is 362. The van der Waals surface area contributed by atoms with E-state index in [9.17, 15) is 0 Å². The second-order valence-electron chi connectivity index (χ2n) is 4.96. The van der Waals surface area contributed by atoms with E-state index in [1.807, 2.05) is 0 Å². The molecule has 2 heteroatoms. The molecule has 0 amide bonds. The van der Waals surface area contributed by atoms with Crippen LogP contribution in [0, 0.1) is 12.8 Å². The summed E-state index contributed by atoms with van der Waals surface area (Å²) in [5.74, 6) is 1.68. The van der Waals surface area contributed by atoms with Gasteiger partial charge in [-0.05, 0) is 25.3 Å². The lowest BCUT2D eigenvalue weighted by Crippen LogP contribution is -2.08. The number of rotatable bonds is 7. The molecular weight excluding hydrogens is 288 g/mol. The summed E-state index contributed by atoms with van der Waals surface area (Å²) >= 11 is 3.89. The van der Waals surface area contributed by atoms with Crippen LogP contribution in [0.3, 0.4) is 0 Å². The Labute approximate surface area is 120 Å². The van der Waals surface area contributed by atoms with Gasteiger partial charge in [-0.3, -0.25) is 0 Å². The number of hydrogen-bond donors (Lipinski definition) is 0. The van der Waals surface area contributed by atoms with Crippen molar-refractivity contribution in [2.45, 2.75) is 51.3 Å². The molecule has 2 unspecified atom stereocenters. The summed E-state index contributed by atoms with van der Waals surface area (Å²) in [6.45, 7) is 6.66. The molecule has 18 heavy (non-hydrogen) atoms. The van der Waals surface area contributed by atoms with Gasteiger partial charge >= 0.3 is 0 Å². The molecule has 0 N–H and O–H groups in total. The number of unbranched alkanes of at least 4 members (excludes halogenated alkanes) is 1. The van der Waals surface area contributed by atoms with Gasteiger partial charge in [-0.15, -0.1) is 0 Å². The second-order valence-corrected chi connectivity index (χ2v) is 5.94. The Hall–Kier alpha value is -0.500. The minimum Gasteiger partial charge on any atom is -0.496 e. The number of methoxy groups -OCH3 is 1. The second kappa shape index (κ2) is 7.83. The molecule has 102 valence electrons. The van der Waals surface area contributed by atoms with E-state index in [2.05, 4.69) is 54.9 Å². The van der Waals surface area contributed by atoms with Gasteiger partial charge in [-0.2, -0.15) is 0 Å². The molecule has 1 rings (SSSR count). The van der Waals surface area contributed by atoms with Gasteiger partial charge in [-0.1, -0.05) is 66.7 Å². The molecule has 2 atom stereocenters. The molecule has 0 bridgehead atoms. The molecule has 0 saturated heterocycles. The summed E-state index contributed by atoms with van der Waals surface area (Å²) in [5.41, 5.74) is 2.58. The van der Waals surface area contributed by atoms with E-state index in [-0.39, 0.29) is 0 Å². The van der Waals surface area contributed by atoms with Gasteiger partial charge in [0.1, 0.15) is 5.75 Å². The highest BCUT2D eigenvalue weighted by molar-refractivity contribution is 9.09. The van der Waals surface area contributed by atoms with Crippen LogP contribution in [0.25, 0.3) is 0 Å². The maximum Gasteiger partial charge on any atom is 0.123 e. The highest BCUT2D eigenvalue weighted by atomic mass is 79.9. The molecule has 0 radical (unpaired) electrons. The van der Waals surface area contributed by atoms with Gasteiger partial charge in [0, 0.05) is 10.4 Å². The van der Waals surface area contributed by atoms with Gasteiger partial charge in [0.05, 0.1) is 7.11 Å². The van der Waals surface area contributed by atoms with Crippen LogP contribution in [0.15, 0.2) is 18.2 Å². The largest absolute Gasteiger partial charge is 0.496 e. The Morgan fingerprint density at radius 2 is 2.00 bits per heavy atom. The summed E-state index contributed by atoms with van der Waals surface area (Å²) in [6, 6.07) is 6.42. The SMILES string of the molecule is CCCCC(CC)C(Br)c1cc(C)ccc1OC. The van der Waals surface area contributed by atoms with Crippen molar-refractivity contribution >= 4 is 15.9 Å².